The second-order valence-corrected chi connectivity index (χ2v) is 10.2. The van der Waals surface area contributed by atoms with Crippen molar-refractivity contribution in [2.75, 3.05) is 33.2 Å². The molecular formula is C23H29N3O3S. The van der Waals surface area contributed by atoms with E-state index in [-0.39, 0.29) is 16.8 Å². The predicted molar refractivity (Wildman–Crippen MR) is 117 cm³/mol. The highest BCUT2D eigenvalue weighted by molar-refractivity contribution is 7.89. The lowest BCUT2D eigenvalue weighted by Gasteiger charge is -2.31. The summed E-state index contributed by atoms with van der Waals surface area (Å²) in [6.07, 6.45) is 2.94. The first-order chi connectivity index (χ1) is 14.4. The fourth-order valence-corrected chi connectivity index (χ4v) is 5.77. The highest BCUT2D eigenvalue weighted by Gasteiger charge is 2.29. The average molecular weight is 428 g/mol. The van der Waals surface area contributed by atoms with E-state index < -0.39 is 10.0 Å². The Balaban J connectivity index is 1.57. The number of nitrogens with one attached hydrogen (secondary N) is 1. The van der Waals surface area contributed by atoms with Crippen LogP contribution in [0.5, 0.6) is 0 Å². The molecule has 1 saturated heterocycles. The van der Waals surface area contributed by atoms with Gasteiger partial charge in [-0.15, -0.1) is 0 Å². The largest absolute Gasteiger partial charge is 0.345 e. The molecule has 1 heterocycles. The summed E-state index contributed by atoms with van der Waals surface area (Å²) in [5.74, 6) is -0.218. The van der Waals surface area contributed by atoms with Gasteiger partial charge in [0.25, 0.3) is 5.91 Å². The molecule has 1 aliphatic carbocycles. The summed E-state index contributed by atoms with van der Waals surface area (Å²) in [6, 6.07) is 13.0. The van der Waals surface area contributed by atoms with Gasteiger partial charge in [-0.1, -0.05) is 30.3 Å². The van der Waals surface area contributed by atoms with Crippen molar-refractivity contribution in [1.82, 2.24) is 14.5 Å². The van der Waals surface area contributed by atoms with Crippen LogP contribution in [0.3, 0.4) is 0 Å². The van der Waals surface area contributed by atoms with Crippen LogP contribution in [0.2, 0.25) is 0 Å². The Kier molecular flexibility index (Phi) is 5.95. The first-order valence-corrected chi connectivity index (χ1v) is 12.0. The van der Waals surface area contributed by atoms with Crippen molar-refractivity contribution in [3.05, 3.63) is 64.7 Å². The minimum atomic E-state index is -3.61. The molecule has 7 heteroatoms. The van der Waals surface area contributed by atoms with Gasteiger partial charge in [0, 0.05) is 31.7 Å². The van der Waals surface area contributed by atoms with E-state index in [0.29, 0.717) is 31.7 Å². The van der Waals surface area contributed by atoms with Crippen molar-refractivity contribution >= 4 is 15.9 Å². The molecule has 160 valence electrons. The van der Waals surface area contributed by atoms with Crippen molar-refractivity contribution in [1.29, 1.82) is 0 Å². The van der Waals surface area contributed by atoms with Crippen LogP contribution >= 0.6 is 0 Å². The molecule has 30 heavy (non-hydrogen) atoms. The van der Waals surface area contributed by atoms with Crippen LogP contribution in [0, 0.1) is 6.92 Å². The van der Waals surface area contributed by atoms with E-state index in [2.05, 4.69) is 22.3 Å². The van der Waals surface area contributed by atoms with Crippen LogP contribution in [0.1, 0.15) is 45.9 Å². The van der Waals surface area contributed by atoms with Gasteiger partial charge in [0.05, 0.1) is 10.9 Å². The smallest absolute Gasteiger partial charge is 0.252 e. The number of amides is 1. The summed E-state index contributed by atoms with van der Waals surface area (Å²) in [5, 5.41) is 3.14. The van der Waals surface area contributed by atoms with Gasteiger partial charge in [-0.25, -0.2) is 8.42 Å². The van der Waals surface area contributed by atoms with Crippen molar-refractivity contribution in [2.45, 2.75) is 37.1 Å². The first-order valence-electron chi connectivity index (χ1n) is 10.5. The number of benzene rings is 2. The Bertz CT molecular complexity index is 1040. The van der Waals surface area contributed by atoms with Gasteiger partial charge >= 0.3 is 0 Å². The predicted octanol–water partition coefficient (Wildman–Crippen LogP) is 2.74. The summed E-state index contributed by atoms with van der Waals surface area (Å²) in [4.78, 5) is 15.4. The molecule has 4 rings (SSSR count). The van der Waals surface area contributed by atoms with Crippen LogP contribution < -0.4 is 5.32 Å². The molecule has 1 aliphatic heterocycles. The van der Waals surface area contributed by atoms with Crippen molar-refractivity contribution < 1.29 is 13.2 Å². The fourth-order valence-electron chi connectivity index (χ4n) is 4.32. The maximum Gasteiger partial charge on any atom is 0.252 e. The molecule has 1 N–H and O–H groups in total. The Labute approximate surface area is 178 Å². The number of hydrogen-bond donors (Lipinski definition) is 1. The lowest BCUT2D eigenvalue weighted by Crippen LogP contribution is -2.47. The Morgan fingerprint density at radius 1 is 1.07 bits per heavy atom. The maximum atomic E-state index is 13.1. The Morgan fingerprint density at radius 3 is 2.57 bits per heavy atom. The average Bonchev–Trinajstić information content (AvgIpc) is 2.74. The molecule has 0 bridgehead atoms. The molecule has 0 radical (unpaired) electrons. The highest BCUT2D eigenvalue weighted by atomic mass is 32.2. The molecule has 1 amide bonds. The molecule has 6 nitrogen and oxygen atoms in total. The van der Waals surface area contributed by atoms with E-state index in [1.54, 1.807) is 12.1 Å². The lowest BCUT2D eigenvalue weighted by atomic mass is 9.87. The van der Waals surface area contributed by atoms with E-state index in [4.69, 9.17) is 0 Å². The summed E-state index contributed by atoms with van der Waals surface area (Å²) in [7, 11) is -1.63. The van der Waals surface area contributed by atoms with Crippen molar-refractivity contribution in [3.8, 4) is 0 Å². The second-order valence-electron chi connectivity index (χ2n) is 8.30. The molecule has 0 saturated carbocycles. The number of hydrogen-bond acceptors (Lipinski definition) is 4. The zero-order valence-electron chi connectivity index (χ0n) is 17.6. The van der Waals surface area contributed by atoms with E-state index >= 15 is 0 Å². The van der Waals surface area contributed by atoms with Crippen molar-refractivity contribution in [3.63, 3.8) is 0 Å². The standard InChI is InChI=1S/C23H29N3O3S/c1-17-10-11-19(30(28,29)26-14-12-25(2)13-15-26)16-21(17)23(27)24-22-9-5-7-18-6-3-4-8-20(18)22/h3-4,6,8,10-11,16,22H,5,7,9,12-15H2,1-2H3,(H,24,27)/t22-/m1/s1. The molecular weight excluding hydrogens is 398 g/mol. The van der Waals surface area contributed by atoms with Gasteiger partial charge in [0.1, 0.15) is 0 Å². The maximum absolute atomic E-state index is 13.1. The third-order valence-electron chi connectivity index (χ3n) is 6.23. The van der Waals surface area contributed by atoms with Crippen LogP contribution in [0.15, 0.2) is 47.4 Å². The number of carbonyl (C=O) groups excluding carboxylic acids is 1. The molecule has 1 fully saturated rings. The van der Waals surface area contributed by atoms with E-state index in [0.717, 1.165) is 30.4 Å². The Hall–Kier alpha value is -2.22. The zero-order valence-corrected chi connectivity index (χ0v) is 18.4. The van der Waals surface area contributed by atoms with E-state index in [1.165, 1.54) is 15.9 Å². The number of rotatable bonds is 4. The normalized spacial score (nSPS) is 20.5. The molecule has 2 aromatic rings. The van der Waals surface area contributed by atoms with Crippen LogP contribution in [-0.2, 0) is 16.4 Å². The summed E-state index contributed by atoms with van der Waals surface area (Å²) in [5.41, 5.74) is 3.63. The third-order valence-corrected chi connectivity index (χ3v) is 8.12. The number of piperazine rings is 1. The fraction of sp³-hybridized carbons (Fsp3) is 0.435. The lowest BCUT2D eigenvalue weighted by molar-refractivity contribution is 0.0932. The minimum Gasteiger partial charge on any atom is -0.345 e. The SMILES string of the molecule is Cc1ccc(S(=O)(=O)N2CCN(C)CC2)cc1C(=O)N[C@@H]1CCCc2ccccc21. The molecule has 0 unspecified atom stereocenters. The van der Waals surface area contributed by atoms with E-state index in [9.17, 15) is 13.2 Å². The topological polar surface area (TPSA) is 69.7 Å². The van der Waals surface area contributed by atoms with Gasteiger partial charge in [-0.3, -0.25) is 4.79 Å². The molecule has 0 aromatic heterocycles. The number of likely N-dealkylation sites (N-methyl/N-ethyl adjacent to an activating group) is 1. The summed E-state index contributed by atoms with van der Waals surface area (Å²) < 4.78 is 27.7. The first kappa shape index (κ1) is 21.0. The summed E-state index contributed by atoms with van der Waals surface area (Å²) in [6.45, 7) is 4.19. The summed E-state index contributed by atoms with van der Waals surface area (Å²) >= 11 is 0. The van der Waals surface area contributed by atoms with Gasteiger partial charge in [0.15, 0.2) is 0 Å². The van der Waals surface area contributed by atoms with Gasteiger partial charge < -0.3 is 10.2 Å². The van der Waals surface area contributed by atoms with Crippen LogP contribution in [0.4, 0.5) is 0 Å². The number of sulfonamides is 1. The van der Waals surface area contributed by atoms with Gasteiger partial charge in [-0.05, 0) is 62.1 Å². The van der Waals surface area contributed by atoms with Gasteiger partial charge in [-0.2, -0.15) is 4.31 Å². The monoisotopic (exact) mass is 427 g/mol. The zero-order chi connectivity index (χ0) is 21.3. The van der Waals surface area contributed by atoms with Crippen LogP contribution in [-0.4, -0.2) is 56.8 Å². The molecule has 2 aliphatic rings. The quantitative estimate of drug-likeness (QED) is 0.815. The number of fused-ring (bicyclic) bond motifs is 1. The number of carbonyl (C=O) groups is 1. The number of nitrogens with zero attached hydrogens (tertiary/aromatic N) is 2. The molecule has 1 atom stereocenters. The molecule has 2 aromatic carbocycles. The highest BCUT2D eigenvalue weighted by Crippen LogP contribution is 2.30. The van der Waals surface area contributed by atoms with E-state index in [1.807, 2.05) is 26.1 Å². The number of aryl methyl sites for hydroxylation is 2. The van der Waals surface area contributed by atoms with Crippen LogP contribution in [0.25, 0.3) is 0 Å². The minimum absolute atomic E-state index is 0.0419. The second kappa shape index (κ2) is 8.49. The van der Waals surface area contributed by atoms with Crippen molar-refractivity contribution in [2.24, 2.45) is 0 Å². The Morgan fingerprint density at radius 2 is 1.80 bits per heavy atom. The third kappa shape index (κ3) is 4.15. The molecule has 0 spiro atoms. The van der Waals surface area contributed by atoms with Gasteiger partial charge in [0.2, 0.25) is 10.0 Å².